The fraction of sp³-hybridized carbons (Fsp3) is 0.750. The second-order valence-corrected chi connectivity index (χ2v) is 7.93. The van der Waals surface area contributed by atoms with E-state index in [9.17, 15) is 9.59 Å². The van der Waals surface area contributed by atoms with Crippen LogP contribution in [0.4, 0.5) is 4.79 Å². The summed E-state index contributed by atoms with van der Waals surface area (Å²) in [6.45, 7) is 10.2. The van der Waals surface area contributed by atoms with Gasteiger partial charge in [-0.2, -0.15) is 4.99 Å². The maximum atomic E-state index is 11.8. The number of fused-ring (bicyclic) bond motifs is 1. The van der Waals surface area contributed by atoms with Crippen LogP contribution in [0.5, 0.6) is 0 Å². The van der Waals surface area contributed by atoms with Crippen molar-refractivity contribution in [1.82, 2.24) is 4.90 Å². The molecule has 2 rings (SSSR count). The molecule has 0 aliphatic carbocycles. The van der Waals surface area contributed by atoms with E-state index in [1.807, 2.05) is 0 Å². The van der Waals surface area contributed by atoms with Crippen molar-refractivity contribution in [3.05, 3.63) is 0 Å². The van der Waals surface area contributed by atoms with Gasteiger partial charge in [0.15, 0.2) is 0 Å². The molecule has 2 heterocycles. The molecule has 5 nitrogen and oxygen atoms in total. The number of amides is 2. The van der Waals surface area contributed by atoms with E-state index < -0.39 is 11.7 Å². The van der Waals surface area contributed by atoms with Gasteiger partial charge in [-0.15, -0.1) is 11.8 Å². The minimum absolute atomic E-state index is 0.0194. The number of carbonyl (C=O) groups excluding carboxylic acids is 2. The molecule has 0 saturated carbocycles. The fourth-order valence-corrected chi connectivity index (χ4v) is 3.33. The Balaban J connectivity index is 2.08. The van der Waals surface area contributed by atoms with Crippen molar-refractivity contribution in [2.45, 2.75) is 50.3 Å². The zero-order chi connectivity index (χ0) is 13.7. The van der Waals surface area contributed by atoms with Gasteiger partial charge in [-0.3, -0.25) is 4.79 Å². The van der Waals surface area contributed by atoms with E-state index in [1.54, 1.807) is 37.4 Å². The minimum atomic E-state index is -0.684. The Kier molecular flexibility index (Phi) is 2.96. The molecule has 2 amide bonds. The average molecular weight is 270 g/mol. The largest absolute Gasteiger partial charge is 0.442 e. The smallest absolute Gasteiger partial charge is 0.434 e. The van der Waals surface area contributed by atoms with E-state index in [0.717, 1.165) is 0 Å². The normalized spacial score (nSPS) is 28.1. The third-order valence-corrected chi connectivity index (χ3v) is 4.05. The first-order chi connectivity index (χ1) is 8.09. The van der Waals surface area contributed by atoms with E-state index in [4.69, 9.17) is 4.74 Å². The Bertz CT molecular complexity index is 437. The molecule has 2 aliphatic heterocycles. The predicted molar refractivity (Wildman–Crippen MR) is 70.8 cm³/mol. The SMILES string of the molecule is CC(C)(C)OC(=O)/N=C1/C(=O)N2CC(C)(C)SC12. The molecule has 0 aromatic rings. The molecular formula is C12H18N2O3S. The summed E-state index contributed by atoms with van der Waals surface area (Å²) in [6.07, 6.45) is -0.684. The third-order valence-electron chi connectivity index (χ3n) is 2.58. The van der Waals surface area contributed by atoms with Crippen molar-refractivity contribution in [2.24, 2.45) is 4.99 Å². The van der Waals surface area contributed by atoms with E-state index >= 15 is 0 Å². The van der Waals surface area contributed by atoms with Crippen LogP contribution in [0.15, 0.2) is 4.99 Å². The first-order valence-corrected chi connectivity index (χ1v) is 6.77. The van der Waals surface area contributed by atoms with Crippen molar-refractivity contribution in [3.8, 4) is 0 Å². The van der Waals surface area contributed by atoms with Crippen molar-refractivity contribution in [2.75, 3.05) is 6.54 Å². The van der Waals surface area contributed by atoms with Gasteiger partial charge in [0, 0.05) is 11.3 Å². The highest BCUT2D eigenvalue weighted by atomic mass is 32.2. The molecule has 1 unspecified atom stereocenters. The van der Waals surface area contributed by atoms with Gasteiger partial charge in [-0.25, -0.2) is 4.79 Å². The van der Waals surface area contributed by atoms with Crippen LogP contribution in [0.2, 0.25) is 0 Å². The standard InChI is InChI=1S/C12H18N2O3S/c1-11(2,3)17-10(16)13-7-8(15)14-6-12(4,5)18-9(7)14/h9H,6H2,1-5H3/b13-7-. The number of aliphatic imine (C=N–C) groups is 1. The molecule has 2 fully saturated rings. The molecule has 0 aromatic heterocycles. The van der Waals surface area contributed by atoms with Crippen LogP contribution in [0.1, 0.15) is 34.6 Å². The maximum Gasteiger partial charge on any atom is 0.434 e. The monoisotopic (exact) mass is 270 g/mol. The van der Waals surface area contributed by atoms with E-state index in [0.29, 0.717) is 12.3 Å². The summed E-state index contributed by atoms with van der Waals surface area (Å²) in [6, 6.07) is 0. The number of ether oxygens (including phenoxy) is 1. The number of hydrogen-bond acceptors (Lipinski definition) is 4. The third kappa shape index (κ3) is 2.53. The van der Waals surface area contributed by atoms with Gasteiger partial charge in [-0.1, -0.05) is 0 Å². The van der Waals surface area contributed by atoms with Crippen LogP contribution >= 0.6 is 11.8 Å². The Morgan fingerprint density at radius 3 is 2.67 bits per heavy atom. The molecule has 2 saturated heterocycles. The van der Waals surface area contributed by atoms with Crippen molar-refractivity contribution >= 4 is 29.5 Å². The number of hydrogen-bond donors (Lipinski definition) is 0. The van der Waals surface area contributed by atoms with Gasteiger partial charge in [0.2, 0.25) is 0 Å². The molecule has 0 N–H and O–H groups in total. The number of carbonyl (C=O) groups is 2. The fourth-order valence-electron chi connectivity index (χ4n) is 1.95. The summed E-state index contributed by atoms with van der Waals surface area (Å²) in [5.41, 5.74) is -0.268. The van der Waals surface area contributed by atoms with Crippen LogP contribution in [-0.4, -0.2) is 44.9 Å². The van der Waals surface area contributed by atoms with Crippen LogP contribution in [0.3, 0.4) is 0 Å². The molecular weight excluding hydrogens is 252 g/mol. The molecule has 0 aromatic carbocycles. The highest BCUT2D eigenvalue weighted by Crippen LogP contribution is 2.44. The maximum absolute atomic E-state index is 11.8. The molecule has 1 atom stereocenters. The lowest BCUT2D eigenvalue weighted by atomic mass is 10.1. The minimum Gasteiger partial charge on any atom is -0.442 e. The van der Waals surface area contributed by atoms with Gasteiger partial charge in [0.25, 0.3) is 5.91 Å². The number of thioether (sulfide) groups is 1. The number of nitrogens with zero attached hydrogens (tertiary/aromatic N) is 2. The highest BCUT2D eigenvalue weighted by molar-refractivity contribution is 8.02. The van der Waals surface area contributed by atoms with Crippen LogP contribution < -0.4 is 0 Å². The molecule has 18 heavy (non-hydrogen) atoms. The Morgan fingerprint density at radius 2 is 2.11 bits per heavy atom. The Morgan fingerprint density at radius 1 is 1.50 bits per heavy atom. The van der Waals surface area contributed by atoms with E-state index in [2.05, 4.69) is 18.8 Å². The molecule has 6 heteroatoms. The summed E-state index contributed by atoms with van der Waals surface area (Å²) in [5, 5.41) is -0.0833. The predicted octanol–water partition coefficient (Wildman–Crippen LogP) is 2.06. The lowest BCUT2D eigenvalue weighted by Crippen LogP contribution is -2.57. The topological polar surface area (TPSA) is 59.0 Å². The van der Waals surface area contributed by atoms with Crippen LogP contribution in [-0.2, 0) is 9.53 Å². The zero-order valence-electron chi connectivity index (χ0n) is 11.3. The molecule has 0 bridgehead atoms. The Hall–Kier alpha value is -1.04. The van der Waals surface area contributed by atoms with Crippen LogP contribution in [0, 0.1) is 0 Å². The summed E-state index contributed by atoms with van der Waals surface area (Å²) in [5.74, 6) is -0.149. The number of β-lactam (4-membered cyclic amide) rings is 1. The van der Waals surface area contributed by atoms with Gasteiger partial charge < -0.3 is 9.64 Å². The second kappa shape index (κ2) is 3.98. The second-order valence-electron chi connectivity index (χ2n) is 6.14. The van der Waals surface area contributed by atoms with Gasteiger partial charge in [-0.05, 0) is 34.6 Å². The molecule has 0 spiro atoms. The highest BCUT2D eigenvalue weighted by Gasteiger charge is 2.54. The van der Waals surface area contributed by atoms with Crippen LogP contribution in [0.25, 0.3) is 0 Å². The van der Waals surface area contributed by atoms with E-state index in [-0.39, 0.29) is 16.0 Å². The van der Waals surface area contributed by atoms with Gasteiger partial charge in [0.1, 0.15) is 16.7 Å². The lowest BCUT2D eigenvalue weighted by Gasteiger charge is -2.34. The zero-order valence-corrected chi connectivity index (χ0v) is 12.1. The molecule has 0 radical (unpaired) electrons. The van der Waals surface area contributed by atoms with Crippen molar-refractivity contribution in [1.29, 1.82) is 0 Å². The number of rotatable bonds is 0. The van der Waals surface area contributed by atoms with Gasteiger partial charge >= 0.3 is 6.09 Å². The molecule has 2 aliphatic rings. The summed E-state index contributed by atoms with van der Waals surface area (Å²) in [7, 11) is 0. The van der Waals surface area contributed by atoms with Gasteiger partial charge in [0.05, 0.1) is 0 Å². The first kappa shape index (κ1) is 13.4. The lowest BCUT2D eigenvalue weighted by molar-refractivity contribution is -0.127. The quantitative estimate of drug-likeness (QED) is 0.632. The summed E-state index contributed by atoms with van der Waals surface area (Å²) in [4.78, 5) is 28.9. The summed E-state index contributed by atoms with van der Waals surface area (Å²) >= 11 is 1.66. The average Bonchev–Trinajstić information content (AvgIpc) is 2.45. The van der Waals surface area contributed by atoms with Crippen molar-refractivity contribution < 1.29 is 14.3 Å². The summed E-state index contributed by atoms with van der Waals surface area (Å²) < 4.78 is 5.11. The first-order valence-electron chi connectivity index (χ1n) is 5.89. The van der Waals surface area contributed by atoms with Crippen molar-refractivity contribution in [3.63, 3.8) is 0 Å². The van der Waals surface area contributed by atoms with E-state index in [1.165, 1.54) is 0 Å². The Labute approximate surface area is 111 Å². The molecule has 100 valence electrons.